The van der Waals surface area contributed by atoms with Crippen LogP contribution < -0.4 is 9.13 Å². The molecule has 3 heterocycles. The Kier molecular flexibility index (Phi) is 6.98. The Balaban J connectivity index is 1.48. The lowest BCUT2D eigenvalue weighted by Gasteiger charge is -2.15. The molecule has 8 rings (SSSR count). The van der Waals surface area contributed by atoms with Crippen molar-refractivity contribution in [2.24, 2.45) is 14.1 Å². The number of nitrogens with zero attached hydrogens (tertiary/aromatic N) is 4. The lowest BCUT2D eigenvalue weighted by atomic mass is 9.95. The van der Waals surface area contributed by atoms with Crippen LogP contribution in [0.4, 0.5) is 0 Å². The number of hydrogen-bond donors (Lipinski definition) is 0. The van der Waals surface area contributed by atoms with E-state index in [4.69, 9.17) is 9.97 Å². The minimum absolute atomic E-state index is 0.734. The van der Waals surface area contributed by atoms with E-state index in [1.54, 1.807) is 0 Å². The number of rotatable bonds is 6. The van der Waals surface area contributed by atoms with Crippen molar-refractivity contribution in [3.8, 4) is 33.9 Å². The SMILES string of the molecule is CCCCc1ccc(-c2nc(-c3c4ccccc4[n+](C)c4ccccc34)cc(-c3c4ccccc4[n+](C)c4ccccc34)n2)cc1. The quantitative estimate of drug-likeness (QED) is 0.142. The fourth-order valence-electron chi connectivity index (χ4n) is 7.05. The van der Waals surface area contributed by atoms with E-state index in [-0.39, 0.29) is 0 Å². The summed E-state index contributed by atoms with van der Waals surface area (Å²) in [5, 5.41) is 4.68. The Morgan fingerprint density at radius 1 is 0.500 bits per heavy atom. The van der Waals surface area contributed by atoms with Crippen molar-refractivity contribution in [1.29, 1.82) is 0 Å². The van der Waals surface area contributed by atoms with Crippen molar-refractivity contribution >= 4 is 43.6 Å². The summed E-state index contributed by atoms with van der Waals surface area (Å²) in [4.78, 5) is 10.7. The second kappa shape index (κ2) is 11.5. The van der Waals surface area contributed by atoms with Gasteiger partial charge in [0, 0.05) is 41.0 Å². The van der Waals surface area contributed by atoms with Crippen molar-refractivity contribution in [2.45, 2.75) is 26.2 Å². The fraction of sp³-hybridized carbons (Fsp3) is 0.143. The van der Waals surface area contributed by atoms with Crippen LogP contribution in [0.1, 0.15) is 25.3 Å². The van der Waals surface area contributed by atoms with Gasteiger partial charge in [0.15, 0.2) is 5.82 Å². The van der Waals surface area contributed by atoms with Crippen molar-refractivity contribution in [2.75, 3.05) is 0 Å². The summed E-state index contributed by atoms with van der Waals surface area (Å²) in [6.07, 6.45) is 3.46. The molecule has 0 fully saturated rings. The molecule has 0 aliphatic heterocycles. The van der Waals surface area contributed by atoms with Gasteiger partial charge in [-0.3, -0.25) is 0 Å². The predicted octanol–water partition coefficient (Wildman–Crippen LogP) is 9.08. The van der Waals surface area contributed by atoms with Crippen molar-refractivity contribution < 1.29 is 9.13 Å². The predicted molar refractivity (Wildman–Crippen MR) is 189 cm³/mol. The molecule has 0 amide bonds. The minimum atomic E-state index is 0.734. The molecule has 3 aromatic heterocycles. The van der Waals surface area contributed by atoms with E-state index in [1.165, 1.54) is 62.0 Å². The maximum Gasteiger partial charge on any atom is 0.213 e. The molecule has 5 aromatic carbocycles. The molecule has 0 radical (unpaired) electrons. The molecule has 4 nitrogen and oxygen atoms in total. The van der Waals surface area contributed by atoms with Gasteiger partial charge in [0.05, 0.1) is 32.9 Å². The van der Waals surface area contributed by atoms with Gasteiger partial charge in [0.1, 0.15) is 14.1 Å². The molecule has 4 heteroatoms. The first kappa shape index (κ1) is 28.0. The third-order valence-electron chi connectivity index (χ3n) is 9.41. The third kappa shape index (κ3) is 4.60. The molecule has 0 aliphatic carbocycles. The third-order valence-corrected chi connectivity index (χ3v) is 9.41. The number of aryl methyl sites for hydroxylation is 3. The first-order valence-corrected chi connectivity index (χ1v) is 16.2. The van der Waals surface area contributed by atoms with Crippen molar-refractivity contribution in [1.82, 2.24) is 9.97 Å². The normalized spacial score (nSPS) is 11.6. The molecule has 0 saturated heterocycles. The number of hydrogen-bond acceptors (Lipinski definition) is 2. The average Bonchev–Trinajstić information content (AvgIpc) is 3.11. The fourth-order valence-corrected chi connectivity index (χ4v) is 7.05. The number of unbranched alkanes of at least 4 members (excludes halogenated alkanes) is 1. The number of pyridine rings is 2. The lowest BCUT2D eigenvalue weighted by Crippen LogP contribution is -2.30. The van der Waals surface area contributed by atoms with E-state index in [0.29, 0.717) is 0 Å². The maximum atomic E-state index is 5.37. The van der Waals surface area contributed by atoms with E-state index in [9.17, 15) is 0 Å². The van der Waals surface area contributed by atoms with E-state index in [2.05, 4.69) is 158 Å². The van der Waals surface area contributed by atoms with E-state index < -0.39 is 0 Å². The Hall–Kier alpha value is -5.48. The highest BCUT2D eigenvalue weighted by Crippen LogP contribution is 2.39. The van der Waals surface area contributed by atoms with Crippen LogP contribution in [-0.4, -0.2) is 9.97 Å². The van der Waals surface area contributed by atoms with Crippen LogP contribution in [0, 0.1) is 0 Å². The van der Waals surface area contributed by atoms with Gasteiger partial charge >= 0.3 is 0 Å². The average molecular weight is 597 g/mol. The lowest BCUT2D eigenvalue weighted by molar-refractivity contribution is -0.617. The van der Waals surface area contributed by atoms with Crippen LogP contribution in [-0.2, 0) is 20.5 Å². The summed E-state index contributed by atoms with van der Waals surface area (Å²) in [7, 11) is 4.29. The van der Waals surface area contributed by atoms with Gasteiger partial charge in [-0.2, -0.15) is 9.13 Å². The number of fused-ring (bicyclic) bond motifs is 4. The Morgan fingerprint density at radius 2 is 0.891 bits per heavy atom. The zero-order chi connectivity index (χ0) is 31.2. The van der Waals surface area contributed by atoms with Crippen molar-refractivity contribution in [3.63, 3.8) is 0 Å². The van der Waals surface area contributed by atoms with Crippen LogP contribution >= 0.6 is 0 Å². The highest BCUT2D eigenvalue weighted by atomic mass is 14.9. The van der Waals surface area contributed by atoms with Gasteiger partial charge in [0.25, 0.3) is 0 Å². The zero-order valence-electron chi connectivity index (χ0n) is 26.5. The van der Waals surface area contributed by atoms with Gasteiger partial charge in [0.2, 0.25) is 22.1 Å². The summed E-state index contributed by atoms with van der Waals surface area (Å²) in [5.74, 6) is 0.734. The van der Waals surface area contributed by atoms with Crippen LogP contribution in [0.3, 0.4) is 0 Å². The summed E-state index contributed by atoms with van der Waals surface area (Å²) in [6.45, 7) is 2.24. The van der Waals surface area contributed by atoms with Gasteiger partial charge in [-0.15, -0.1) is 0 Å². The number of para-hydroxylation sites is 4. The van der Waals surface area contributed by atoms with E-state index in [0.717, 1.165) is 40.3 Å². The summed E-state index contributed by atoms with van der Waals surface area (Å²) >= 11 is 0. The van der Waals surface area contributed by atoms with Crippen LogP contribution in [0.5, 0.6) is 0 Å². The molecule has 0 atom stereocenters. The smallest absolute Gasteiger partial charge is 0.213 e. The molecule has 222 valence electrons. The molecule has 0 aliphatic rings. The summed E-state index contributed by atoms with van der Waals surface area (Å²) < 4.78 is 4.56. The summed E-state index contributed by atoms with van der Waals surface area (Å²) in [5.41, 5.74) is 11.1. The highest BCUT2D eigenvalue weighted by molar-refractivity contribution is 6.09. The van der Waals surface area contributed by atoms with E-state index >= 15 is 0 Å². The van der Waals surface area contributed by atoms with Gasteiger partial charge in [-0.1, -0.05) is 86.1 Å². The summed E-state index contributed by atoms with van der Waals surface area (Å²) in [6, 6.07) is 45.6. The standard InChI is InChI=1S/C42H36N4/c1-4-5-14-28-23-25-29(26-24-28)42-43-34(40-30-15-6-10-19-36(30)45(2)37-20-11-7-16-31(37)40)27-35(44-42)41-32-17-8-12-21-38(32)46(3)39-22-13-9-18-33(39)41/h6-13,15-27H,4-5,14H2,1-3H3/q+2. The Morgan fingerprint density at radius 3 is 1.28 bits per heavy atom. The van der Waals surface area contributed by atoms with Gasteiger partial charge in [-0.25, -0.2) is 9.97 Å². The largest absolute Gasteiger partial charge is 0.228 e. The van der Waals surface area contributed by atoms with Crippen LogP contribution in [0.25, 0.3) is 77.5 Å². The Labute approximate surface area is 269 Å². The molecule has 0 saturated carbocycles. The zero-order valence-corrected chi connectivity index (χ0v) is 26.5. The minimum Gasteiger partial charge on any atom is -0.228 e. The van der Waals surface area contributed by atoms with Crippen molar-refractivity contribution in [3.05, 3.63) is 133 Å². The van der Waals surface area contributed by atoms with E-state index in [1.807, 2.05) is 0 Å². The molecule has 0 bridgehead atoms. The first-order chi connectivity index (χ1) is 22.6. The molecule has 46 heavy (non-hydrogen) atoms. The van der Waals surface area contributed by atoms with Crippen LogP contribution in [0.2, 0.25) is 0 Å². The topological polar surface area (TPSA) is 33.5 Å². The van der Waals surface area contributed by atoms with Gasteiger partial charge < -0.3 is 0 Å². The first-order valence-electron chi connectivity index (χ1n) is 16.2. The molecular weight excluding hydrogens is 560 g/mol. The molecular formula is C42H36N4+2. The highest BCUT2D eigenvalue weighted by Gasteiger charge is 2.24. The number of aromatic nitrogens is 4. The maximum absolute atomic E-state index is 5.37. The Bertz CT molecular complexity index is 2170. The second-order valence-corrected chi connectivity index (χ2v) is 12.2. The van der Waals surface area contributed by atoms with Gasteiger partial charge in [-0.05, 0) is 48.7 Å². The monoisotopic (exact) mass is 596 g/mol. The molecule has 0 N–H and O–H groups in total. The molecule has 0 spiro atoms. The second-order valence-electron chi connectivity index (χ2n) is 12.2. The number of benzene rings is 5. The molecule has 0 unspecified atom stereocenters. The van der Waals surface area contributed by atoms with Crippen LogP contribution in [0.15, 0.2) is 127 Å². The molecule has 8 aromatic rings.